The van der Waals surface area contributed by atoms with Gasteiger partial charge in [-0.05, 0) is 31.3 Å². The van der Waals surface area contributed by atoms with Gasteiger partial charge in [-0.25, -0.2) is 4.68 Å². The van der Waals surface area contributed by atoms with Crippen molar-refractivity contribution in [3.05, 3.63) is 36.2 Å². The van der Waals surface area contributed by atoms with Gasteiger partial charge in [0.25, 0.3) is 0 Å². The summed E-state index contributed by atoms with van der Waals surface area (Å²) >= 11 is 0. The smallest absolute Gasteiger partial charge is 0.387 e. The third-order valence-corrected chi connectivity index (χ3v) is 2.23. The average molecular weight is 254 g/mol. The Bertz CT molecular complexity index is 498. The number of nitrogens with zero attached hydrogens (tertiary/aromatic N) is 3. The Hall–Kier alpha value is -2.02. The molecule has 0 saturated carbocycles. The molecule has 0 aliphatic heterocycles. The molecule has 7 heteroatoms. The SMILES string of the molecule is CNCc1cn(-c2ccc(OC(F)F)cc2)nn1. The summed E-state index contributed by atoms with van der Waals surface area (Å²) in [6, 6.07) is 6.19. The van der Waals surface area contributed by atoms with Crippen molar-refractivity contribution in [1.82, 2.24) is 20.3 Å². The Balaban J connectivity index is 2.12. The summed E-state index contributed by atoms with van der Waals surface area (Å²) in [6.07, 6.45) is 1.76. The lowest BCUT2D eigenvalue weighted by molar-refractivity contribution is -0.0498. The second-order valence-electron chi connectivity index (χ2n) is 3.56. The van der Waals surface area contributed by atoms with Crippen LogP contribution in [0, 0.1) is 0 Å². The molecule has 0 radical (unpaired) electrons. The molecular weight excluding hydrogens is 242 g/mol. The fraction of sp³-hybridized carbons (Fsp3) is 0.273. The quantitative estimate of drug-likeness (QED) is 0.880. The summed E-state index contributed by atoms with van der Waals surface area (Å²) in [5.41, 5.74) is 1.52. The van der Waals surface area contributed by atoms with Gasteiger partial charge in [-0.3, -0.25) is 0 Å². The van der Waals surface area contributed by atoms with Crippen molar-refractivity contribution < 1.29 is 13.5 Å². The standard InChI is InChI=1S/C11H12F2N4O/c1-14-6-8-7-17(16-15-8)9-2-4-10(5-3-9)18-11(12)13/h2-5,7,11,14H,6H2,1H3. The molecule has 1 N–H and O–H groups in total. The van der Waals surface area contributed by atoms with Crippen LogP contribution in [0.3, 0.4) is 0 Å². The van der Waals surface area contributed by atoms with E-state index < -0.39 is 6.61 Å². The minimum absolute atomic E-state index is 0.115. The van der Waals surface area contributed by atoms with Crippen LogP contribution in [0.15, 0.2) is 30.5 Å². The van der Waals surface area contributed by atoms with Crippen LogP contribution in [0.4, 0.5) is 8.78 Å². The first kappa shape index (κ1) is 12.4. The van der Waals surface area contributed by atoms with Crippen LogP contribution in [0.5, 0.6) is 5.75 Å². The van der Waals surface area contributed by atoms with Gasteiger partial charge in [0.1, 0.15) is 5.75 Å². The van der Waals surface area contributed by atoms with E-state index in [4.69, 9.17) is 0 Å². The van der Waals surface area contributed by atoms with E-state index in [1.54, 1.807) is 23.0 Å². The van der Waals surface area contributed by atoms with Crippen molar-refractivity contribution in [2.75, 3.05) is 7.05 Å². The van der Waals surface area contributed by atoms with E-state index in [1.807, 2.05) is 7.05 Å². The maximum atomic E-state index is 12.0. The van der Waals surface area contributed by atoms with Crippen LogP contribution in [-0.4, -0.2) is 28.7 Å². The van der Waals surface area contributed by atoms with E-state index in [2.05, 4.69) is 20.4 Å². The number of halogens is 2. The van der Waals surface area contributed by atoms with Crippen LogP contribution in [0.2, 0.25) is 0 Å². The van der Waals surface area contributed by atoms with Crippen molar-refractivity contribution in [3.8, 4) is 11.4 Å². The molecule has 2 rings (SSSR count). The zero-order valence-electron chi connectivity index (χ0n) is 9.68. The molecule has 0 unspecified atom stereocenters. The third-order valence-electron chi connectivity index (χ3n) is 2.23. The number of ether oxygens (including phenoxy) is 1. The first-order chi connectivity index (χ1) is 8.69. The zero-order valence-corrected chi connectivity index (χ0v) is 9.68. The number of hydrogen-bond donors (Lipinski definition) is 1. The molecule has 2 aromatic rings. The minimum Gasteiger partial charge on any atom is -0.435 e. The Labute approximate surface area is 102 Å². The zero-order chi connectivity index (χ0) is 13.0. The molecule has 1 aromatic carbocycles. The molecule has 0 aliphatic carbocycles. The van der Waals surface area contributed by atoms with Crippen molar-refractivity contribution in [1.29, 1.82) is 0 Å². The molecule has 0 aliphatic rings. The third kappa shape index (κ3) is 3.01. The van der Waals surface area contributed by atoms with Gasteiger partial charge in [0.15, 0.2) is 0 Å². The minimum atomic E-state index is -2.82. The molecule has 18 heavy (non-hydrogen) atoms. The van der Waals surface area contributed by atoms with Crippen LogP contribution >= 0.6 is 0 Å². The van der Waals surface area contributed by atoms with E-state index in [9.17, 15) is 8.78 Å². The summed E-state index contributed by atoms with van der Waals surface area (Å²) in [6.45, 7) is -2.20. The monoisotopic (exact) mass is 254 g/mol. The number of aromatic nitrogens is 3. The first-order valence-electron chi connectivity index (χ1n) is 5.30. The Morgan fingerprint density at radius 1 is 1.33 bits per heavy atom. The molecule has 0 amide bonds. The van der Waals surface area contributed by atoms with Gasteiger partial charge in [0, 0.05) is 6.54 Å². The topological polar surface area (TPSA) is 52.0 Å². The summed E-state index contributed by atoms with van der Waals surface area (Å²) in [5.74, 6) is 0.115. The fourth-order valence-corrected chi connectivity index (χ4v) is 1.47. The van der Waals surface area contributed by atoms with Crippen LogP contribution in [0.1, 0.15) is 5.69 Å². The molecule has 0 saturated heterocycles. The maximum Gasteiger partial charge on any atom is 0.387 e. The summed E-state index contributed by atoms with van der Waals surface area (Å²) in [4.78, 5) is 0. The molecule has 0 atom stereocenters. The lowest BCUT2D eigenvalue weighted by Gasteiger charge is -2.05. The Morgan fingerprint density at radius 3 is 2.67 bits per heavy atom. The maximum absolute atomic E-state index is 12.0. The van der Waals surface area contributed by atoms with Gasteiger partial charge in [-0.1, -0.05) is 5.21 Å². The highest BCUT2D eigenvalue weighted by Gasteiger charge is 2.05. The second-order valence-corrected chi connectivity index (χ2v) is 3.56. The lowest BCUT2D eigenvalue weighted by Crippen LogP contribution is -2.05. The lowest BCUT2D eigenvalue weighted by atomic mass is 10.3. The molecule has 0 spiro atoms. The molecule has 1 heterocycles. The van der Waals surface area contributed by atoms with Crippen LogP contribution < -0.4 is 10.1 Å². The summed E-state index contributed by atoms with van der Waals surface area (Å²) < 4.78 is 29.8. The molecule has 1 aromatic heterocycles. The summed E-state index contributed by atoms with van der Waals surface area (Å²) in [7, 11) is 1.81. The van der Waals surface area contributed by atoms with Crippen LogP contribution in [-0.2, 0) is 6.54 Å². The molecule has 96 valence electrons. The van der Waals surface area contributed by atoms with E-state index in [0.717, 1.165) is 11.4 Å². The molecule has 5 nitrogen and oxygen atoms in total. The normalized spacial score (nSPS) is 10.9. The largest absolute Gasteiger partial charge is 0.435 e. The van der Waals surface area contributed by atoms with Crippen molar-refractivity contribution in [2.24, 2.45) is 0 Å². The van der Waals surface area contributed by atoms with E-state index in [0.29, 0.717) is 6.54 Å². The van der Waals surface area contributed by atoms with Gasteiger partial charge in [-0.2, -0.15) is 8.78 Å². The molecule has 0 bridgehead atoms. The highest BCUT2D eigenvalue weighted by atomic mass is 19.3. The van der Waals surface area contributed by atoms with Crippen LogP contribution in [0.25, 0.3) is 5.69 Å². The Kier molecular flexibility index (Phi) is 3.83. The molecule has 0 fully saturated rings. The van der Waals surface area contributed by atoms with E-state index >= 15 is 0 Å². The fourth-order valence-electron chi connectivity index (χ4n) is 1.47. The number of benzene rings is 1. The Morgan fingerprint density at radius 2 is 2.06 bits per heavy atom. The van der Waals surface area contributed by atoms with Gasteiger partial charge in [0.2, 0.25) is 0 Å². The second kappa shape index (κ2) is 5.54. The number of alkyl halides is 2. The first-order valence-corrected chi connectivity index (χ1v) is 5.30. The number of rotatable bonds is 5. The highest BCUT2D eigenvalue weighted by molar-refractivity contribution is 5.36. The number of nitrogens with one attached hydrogen (secondary N) is 1. The highest BCUT2D eigenvalue weighted by Crippen LogP contribution is 2.16. The van der Waals surface area contributed by atoms with Crippen molar-refractivity contribution >= 4 is 0 Å². The van der Waals surface area contributed by atoms with Gasteiger partial charge < -0.3 is 10.1 Å². The van der Waals surface area contributed by atoms with Gasteiger partial charge >= 0.3 is 6.61 Å². The molecular formula is C11H12F2N4O. The number of hydrogen-bond acceptors (Lipinski definition) is 4. The van der Waals surface area contributed by atoms with E-state index in [-0.39, 0.29) is 5.75 Å². The predicted octanol–water partition coefficient (Wildman–Crippen LogP) is 1.59. The van der Waals surface area contributed by atoms with Gasteiger partial charge in [0.05, 0.1) is 17.6 Å². The average Bonchev–Trinajstić information content (AvgIpc) is 2.78. The van der Waals surface area contributed by atoms with Crippen molar-refractivity contribution in [2.45, 2.75) is 13.2 Å². The summed E-state index contributed by atoms with van der Waals surface area (Å²) in [5, 5.41) is 10.8. The van der Waals surface area contributed by atoms with E-state index in [1.165, 1.54) is 12.1 Å². The predicted molar refractivity (Wildman–Crippen MR) is 60.8 cm³/mol. The van der Waals surface area contributed by atoms with Gasteiger partial charge in [-0.15, -0.1) is 5.10 Å². The van der Waals surface area contributed by atoms with Crippen molar-refractivity contribution in [3.63, 3.8) is 0 Å².